The molecule has 0 atom stereocenters. The molecule has 0 spiro atoms. The Morgan fingerprint density at radius 3 is 2.61 bits per heavy atom. The topological polar surface area (TPSA) is 70.7 Å². The number of fused-ring (bicyclic) bond motifs is 1. The molecule has 5 nitrogen and oxygen atoms in total. The van der Waals surface area contributed by atoms with E-state index in [0.29, 0.717) is 34.1 Å². The Labute approximate surface area is 167 Å². The Morgan fingerprint density at radius 2 is 1.96 bits per heavy atom. The van der Waals surface area contributed by atoms with Gasteiger partial charge in [-0.15, -0.1) is 0 Å². The van der Waals surface area contributed by atoms with Crippen LogP contribution in [-0.4, -0.2) is 15.6 Å². The highest BCUT2D eigenvalue weighted by Gasteiger charge is 2.28. The molecule has 0 radical (unpaired) electrons. The van der Waals surface area contributed by atoms with Crippen LogP contribution in [0.2, 0.25) is 5.02 Å². The number of hydrogen-bond donors (Lipinski definition) is 1. The van der Waals surface area contributed by atoms with Crippen LogP contribution in [0.15, 0.2) is 41.2 Å². The van der Waals surface area contributed by atoms with E-state index in [1.54, 1.807) is 10.6 Å². The van der Waals surface area contributed by atoms with Crippen molar-refractivity contribution in [3.05, 3.63) is 63.0 Å². The van der Waals surface area contributed by atoms with Crippen LogP contribution in [0.3, 0.4) is 0 Å². The van der Waals surface area contributed by atoms with Crippen molar-refractivity contribution in [3.63, 3.8) is 0 Å². The number of para-hydroxylation sites is 1. The van der Waals surface area contributed by atoms with E-state index in [4.69, 9.17) is 11.6 Å². The number of rotatable bonds is 4. The fourth-order valence-corrected chi connectivity index (χ4v) is 4.06. The van der Waals surface area contributed by atoms with Gasteiger partial charge in [0.2, 0.25) is 0 Å². The molecule has 5 rings (SSSR count). The second kappa shape index (κ2) is 6.65. The van der Waals surface area contributed by atoms with Crippen LogP contribution < -0.4 is 11.0 Å². The summed E-state index contributed by atoms with van der Waals surface area (Å²) in [5.41, 5.74) is 2.66. The van der Waals surface area contributed by atoms with Gasteiger partial charge < -0.3 is 5.32 Å². The normalized spacial score (nSPS) is 16.6. The van der Waals surface area contributed by atoms with Crippen molar-refractivity contribution in [2.75, 3.05) is 5.32 Å². The number of halogens is 1. The fraction of sp³-hybridized carbons (Fsp3) is 0.318. The molecule has 2 aliphatic carbocycles. The third-order valence-electron chi connectivity index (χ3n) is 5.74. The van der Waals surface area contributed by atoms with Gasteiger partial charge in [-0.3, -0.25) is 4.57 Å². The lowest BCUT2D eigenvalue weighted by Crippen LogP contribution is -2.30. The van der Waals surface area contributed by atoms with Gasteiger partial charge in [-0.1, -0.05) is 23.7 Å². The highest BCUT2D eigenvalue weighted by molar-refractivity contribution is 6.32. The van der Waals surface area contributed by atoms with Gasteiger partial charge in [0.1, 0.15) is 5.82 Å². The Balaban J connectivity index is 1.82. The first-order valence-electron chi connectivity index (χ1n) is 9.68. The van der Waals surface area contributed by atoms with E-state index in [-0.39, 0.29) is 5.69 Å². The summed E-state index contributed by atoms with van der Waals surface area (Å²) >= 11 is 6.40. The first kappa shape index (κ1) is 17.3. The number of aromatic nitrogens is 2. The van der Waals surface area contributed by atoms with Gasteiger partial charge in [0.25, 0.3) is 0 Å². The van der Waals surface area contributed by atoms with Gasteiger partial charge >= 0.3 is 5.69 Å². The van der Waals surface area contributed by atoms with Crippen LogP contribution in [0.25, 0.3) is 16.6 Å². The van der Waals surface area contributed by atoms with Crippen molar-refractivity contribution in [2.24, 2.45) is 0 Å². The molecule has 2 aliphatic rings. The summed E-state index contributed by atoms with van der Waals surface area (Å²) in [6, 6.07) is 13.8. The zero-order valence-corrected chi connectivity index (χ0v) is 16.0. The SMILES string of the molecule is N#Cc1cc2c(NC3CCC3)nc(=O)n(-c3ccccc3Cl)c2cc1C1CC1. The average molecular weight is 391 g/mol. The maximum Gasteiger partial charge on any atom is 0.354 e. The molecular formula is C22H19ClN4O. The van der Waals surface area contributed by atoms with Crippen LogP contribution in [0.5, 0.6) is 0 Å². The maximum absolute atomic E-state index is 13.0. The van der Waals surface area contributed by atoms with Gasteiger partial charge in [-0.25, -0.2) is 4.79 Å². The average Bonchev–Trinajstić information content (AvgIpc) is 3.50. The third-order valence-corrected chi connectivity index (χ3v) is 6.06. The lowest BCUT2D eigenvalue weighted by Gasteiger charge is -2.27. The number of benzene rings is 2. The minimum absolute atomic E-state index is 0.333. The summed E-state index contributed by atoms with van der Waals surface area (Å²) in [5.74, 6) is 0.955. The number of anilines is 1. The van der Waals surface area contributed by atoms with E-state index in [0.717, 1.165) is 42.1 Å². The van der Waals surface area contributed by atoms with Crippen molar-refractivity contribution < 1.29 is 0 Å². The molecule has 2 fully saturated rings. The molecule has 1 aromatic heterocycles. The van der Waals surface area contributed by atoms with Gasteiger partial charge in [0, 0.05) is 11.4 Å². The second-order valence-corrected chi connectivity index (χ2v) is 8.05. The van der Waals surface area contributed by atoms with Crippen LogP contribution in [-0.2, 0) is 0 Å². The maximum atomic E-state index is 13.0. The Bertz CT molecular complexity index is 1190. The van der Waals surface area contributed by atoms with E-state index in [9.17, 15) is 10.1 Å². The molecule has 28 heavy (non-hydrogen) atoms. The molecule has 140 valence electrons. The van der Waals surface area contributed by atoms with Crippen molar-refractivity contribution in [1.29, 1.82) is 5.26 Å². The van der Waals surface area contributed by atoms with Gasteiger partial charge in [-0.2, -0.15) is 10.2 Å². The Morgan fingerprint density at radius 1 is 1.18 bits per heavy atom. The quantitative estimate of drug-likeness (QED) is 0.697. The Hall–Kier alpha value is -2.84. The van der Waals surface area contributed by atoms with Crippen LogP contribution in [0, 0.1) is 11.3 Å². The molecule has 2 saturated carbocycles. The number of nitriles is 1. The number of hydrogen-bond acceptors (Lipinski definition) is 4. The van der Waals surface area contributed by atoms with Crippen LogP contribution in [0.1, 0.15) is 49.1 Å². The van der Waals surface area contributed by atoms with Crippen molar-refractivity contribution in [2.45, 2.75) is 44.1 Å². The van der Waals surface area contributed by atoms with Crippen molar-refractivity contribution in [1.82, 2.24) is 9.55 Å². The van der Waals surface area contributed by atoms with E-state index in [1.165, 1.54) is 6.42 Å². The zero-order chi connectivity index (χ0) is 19.3. The molecule has 0 unspecified atom stereocenters. The molecule has 1 heterocycles. The third kappa shape index (κ3) is 2.85. The van der Waals surface area contributed by atoms with E-state index in [2.05, 4.69) is 16.4 Å². The molecule has 0 amide bonds. The molecule has 2 aromatic carbocycles. The Kier molecular flexibility index (Phi) is 4.10. The first-order chi connectivity index (χ1) is 13.7. The molecule has 0 saturated heterocycles. The summed E-state index contributed by atoms with van der Waals surface area (Å²) < 4.78 is 1.57. The lowest BCUT2D eigenvalue weighted by atomic mass is 9.93. The smallest absolute Gasteiger partial charge is 0.354 e. The fourth-order valence-electron chi connectivity index (χ4n) is 3.84. The minimum Gasteiger partial charge on any atom is -0.367 e. The first-order valence-corrected chi connectivity index (χ1v) is 10.1. The van der Waals surface area contributed by atoms with Crippen molar-refractivity contribution >= 4 is 28.3 Å². The predicted octanol–water partition coefficient (Wildman–Crippen LogP) is 4.75. The van der Waals surface area contributed by atoms with Crippen LogP contribution in [0.4, 0.5) is 5.82 Å². The standard InChI is InChI=1S/C22H19ClN4O/c23-18-6-1-2-7-19(18)27-20-11-16(13-8-9-13)14(12-24)10-17(20)21(26-22(27)28)25-15-4-3-5-15/h1-2,6-7,10-11,13,15H,3-5,8-9H2,(H,25,26,28). The lowest BCUT2D eigenvalue weighted by molar-refractivity contribution is 0.444. The summed E-state index contributed by atoms with van der Waals surface area (Å²) in [6.07, 6.45) is 5.48. The van der Waals surface area contributed by atoms with Crippen LogP contribution >= 0.6 is 11.6 Å². The predicted molar refractivity (Wildman–Crippen MR) is 110 cm³/mol. The summed E-state index contributed by atoms with van der Waals surface area (Å²) in [6.45, 7) is 0. The van der Waals surface area contributed by atoms with Gasteiger partial charge in [-0.05, 0) is 67.9 Å². The molecule has 1 N–H and O–H groups in total. The van der Waals surface area contributed by atoms with E-state index in [1.807, 2.05) is 30.3 Å². The second-order valence-electron chi connectivity index (χ2n) is 7.64. The molecule has 6 heteroatoms. The summed E-state index contributed by atoms with van der Waals surface area (Å²) in [4.78, 5) is 17.4. The molecule has 0 aliphatic heterocycles. The minimum atomic E-state index is -0.367. The van der Waals surface area contributed by atoms with E-state index >= 15 is 0 Å². The van der Waals surface area contributed by atoms with E-state index < -0.39 is 0 Å². The highest BCUT2D eigenvalue weighted by Crippen LogP contribution is 2.43. The zero-order valence-electron chi connectivity index (χ0n) is 15.3. The molecule has 0 bridgehead atoms. The van der Waals surface area contributed by atoms with Crippen molar-refractivity contribution in [3.8, 4) is 11.8 Å². The number of nitrogens with zero attached hydrogens (tertiary/aromatic N) is 3. The largest absolute Gasteiger partial charge is 0.367 e. The summed E-state index contributed by atoms with van der Waals surface area (Å²) in [5, 5.41) is 14.4. The number of nitrogens with one attached hydrogen (secondary N) is 1. The highest BCUT2D eigenvalue weighted by atomic mass is 35.5. The summed E-state index contributed by atoms with van der Waals surface area (Å²) in [7, 11) is 0. The monoisotopic (exact) mass is 390 g/mol. The molecular weight excluding hydrogens is 372 g/mol. The van der Waals surface area contributed by atoms with Gasteiger partial charge in [0.15, 0.2) is 0 Å². The van der Waals surface area contributed by atoms with Gasteiger partial charge in [0.05, 0.1) is 27.9 Å². The molecule has 3 aromatic rings.